The number of nitrogens with zero attached hydrogens (tertiary/aromatic N) is 3. The first-order valence-corrected chi connectivity index (χ1v) is 10.4. The molecule has 0 bridgehead atoms. The molecule has 26 heavy (non-hydrogen) atoms. The van der Waals surface area contributed by atoms with Crippen LogP contribution in [-0.4, -0.2) is 29.6 Å². The molecule has 0 amide bonds. The molecule has 0 saturated heterocycles. The lowest BCUT2D eigenvalue weighted by molar-refractivity contribution is 0.264. The van der Waals surface area contributed by atoms with E-state index in [9.17, 15) is 13.5 Å². The van der Waals surface area contributed by atoms with Crippen molar-refractivity contribution in [2.45, 2.75) is 44.6 Å². The van der Waals surface area contributed by atoms with Crippen LogP contribution < -0.4 is 4.74 Å². The molecule has 2 aromatic rings. The number of aryl methyl sites for hydroxylation is 1. The molecule has 1 saturated carbocycles. The van der Waals surface area contributed by atoms with Crippen molar-refractivity contribution in [1.82, 2.24) is 9.78 Å². The topological polar surface area (TPSA) is 105 Å². The highest BCUT2D eigenvalue weighted by Crippen LogP contribution is 2.43. The van der Waals surface area contributed by atoms with Crippen LogP contribution in [0.5, 0.6) is 11.5 Å². The van der Waals surface area contributed by atoms with E-state index in [2.05, 4.69) is 11.2 Å². The van der Waals surface area contributed by atoms with Crippen LogP contribution in [-0.2, 0) is 22.3 Å². The number of benzene rings is 1. The fraction of sp³-hybridized carbons (Fsp3) is 0.444. The van der Waals surface area contributed by atoms with Crippen LogP contribution in [0.2, 0.25) is 0 Å². The van der Waals surface area contributed by atoms with E-state index in [1.165, 1.54) is 4.68 Å². The van der Waals surface area contributed by atoms with Gasteiger partial charge in [-0.3, -0.25) is 0 Å². The summed E-state index contributed by atoms with van der Waals surface area (Å²) in [5.41, 5.74) is 2.38. The van der Waals surface area contributed by atoms with E-state index in [-0.39, 0.29) is 18.4 Å². The Hall–Kier alpha value is -2.37. The molecular weight excluding hydrogens is 354 g/mol. The highest BCUT2D eigenvalue weighted by atomic mass is 32.2. The quantitative estimate of drug-likeness (QED) is 0.832. The summed E-state index contributed by atoms with van der Waals surface area (Å²) in [6.07, 6.45) is 4.14. The van der Waals surface area contributed by atoms with Gasteiger partial charge in [-0.15, -0.1) is 0 Å². The summed E-state index contributed by atoms with van der Waals surface area (Å²) in [7, 11) is -3.32. The summed E-state index contributed by atoms with van der Waals surface area (Å²) < 4.78 is 30.7. The van der Waals surface area contributed by atoms with E-state index in [1.807, 2.05) is 6.92 Å². The first kappa shape index (κ1) is 18.4. The predicted molar refractivity (Wildman–Crippen MR) is 95.6 cm³/mol. The zero-order chi connectivity index (χ0) is 18.9. The molecule has 1 aliphatic rings. The van der Waals surface area contributed by atoms with E-state index in [1.54, 1.807) is 18.2 Å². The minimum Gasteiger partial charge on any atom is -0.453 e. The number of hydrogen-bond donors (Lipinski definition) is 1. The van der Waals surface area contributed by atoms with Crippen molar-refractivity contribution in [2.75, 3.05) is 6.26 Å². The average molecular weight is 375 g/mol. The fourth-order valence-corrected chi connectivity index (χ4v) is 3.64. The molecule has 0 radical (unpaired) electrons. The lowest BCUT2D eigenvalue weighted by Gasteiger charge is -2.24. The third kappa shape index (κ3) is 3.74. The van der Waals surface area contributed by atoms with E-state index in [0.717, 1.165) is 31.1 Å². The second-order valence-corrected chi connectivity index (χ2v) is 8.80. The summed E-state index contributed by atoms with van der Waals surface area (Å²) in [5.74, 6) is 0.842. The van der Waals surface area contributed by atoms with Crippen molar-refractivity contribution in [3.8, 4) is 17.6 Å². The lowest BCUT2D eigenvalue weighted by atomic mass is 9.82. The number of rotatable bonds is 6. The summed E-state index contributed by atoms with van der Waals surface area (Å²) in [6, 6.07) is 7.22. The Morgan fingerprint density at radius 2 is 2.15 bits per heavy atom. The Bertz CT molecular complexity index is 969. The third-order valence-electron chi connectivity index (χ3n) is 4.57. The van der Waals surface area contributed by atoms with Crippen molar-refractivity contribution in [3.05, 3.63) is 40.7 Å². The average Bonchev–Trinajstić information content (AvgIpc) is 2.81. The Labute approximate surface area is 152 Å². The molecule has 1 aromatic heterocycles. The van der Waals surface area contributed by atoms with E-state index in [0.29, 0.717) is 28.5 Å². The van der Waals surface area contributed by atoms with Crippen LogP contribution in [0, 0.1) is 18.3 Å². The summed E-state index contributed by atoms with van der Waals surface area (Å²) >= 11 is 0. The Kier molecular flexibility index (Phi) is 5.03. The molecule has 138 valence electrons. The molecule has 1 aliphatic carbocycles. The van der Waals surface area contributed by atoms with E-state index in [4.69, 9.17) is 10.00 Å². The van der Waals surface area contributed by atoms with Gasteiger partial charge in [0.15, 0.2) is 15.6 Å². The van der Waals surface area contributed by atoms with Crippen LogP contribution in [0.25, 0.3) is 0 Å². The summed E-state index contributed by atoms with van der Waals surface area (Å²) in [4.78, 5) is 0. The van der Waals surface area contributed by atoms with Crippen LogP contribution in [0.1, 0.15) is 47.7 Å². The summed E-state index contributed by atoms with van der Waals surface area (Å²) in [6.45, 7) is 1.44. The van der Waals surface area contributed by atoms with Crippen molar-refractivity contribution in [2.24, 2.45) is 0 Å². The first-order chi connectivity index (χ1) is 12.3. The smallest absolute Gasteiger partial charge is 0.174 e. The second kappa shape index (κ2) is 7.09. The maximum absolute atomic E-state index is 11.7. The minimum atomic E-state index is -3.32. The van der Waals surface area contributed by atoms with E-state index < -0.39 is 9.84 Å². The van der Waals surface area contributed by atoms with Gasteiger partial charge in [0.2, 0.25) is 0 Å². The van der Waals surface area contributed by atoms with Crippen molar-refractivity contribution >= 4 is 9.84 Å². The number of sulfone groups is 1. The number of aliphatic hydroxyl groups excluding tert-OH is 1. The largest absolute Gasteiger partial charge is 0.453 e. The maximum atomic E-state index is 11.7. The highest BCUT2D eigenvalue weighted by molar-refractivity contribution is 7.89. The number of aliphatic hydroxyl groups is 1. The molecule has 7 nitrogen and oxygen atoms in total. The minimum absolute atomic E-state index is 0.204. The van der Waals surface area contributed by atoms with Crippen LogP contribution in [0.3, 0.4) is 0 Å². The maximum Gasteiger partial charge on any atom is 0.174 e. The molecule has 0 spiro atoms. The monoisotopic (exact) mass is 375 g/mol. The molecule has 0 aliphatic heterocycles. The molecule has 1 N–H and O–H groups in total. The van der Waals surface area contributed by atoms with Gasteiger partial charge in [-0.2, -0.15) is 10.4 Å². The SMILES string of the molecule is Cc1cc(Oc2c(C3CCC3)nn(CS(C)(=O)=O)c2CO)ccc1C#N. The Morgan fingerprint density at radius 1 is 1.42 bits per heavy atom. The van der Waals surface area contributed by atoms with Gasteiger partial charge in [-0.25, -0.2) is 13.1 Å². The molecule has 3 rings (SSSR count). The Balaban J connectivity index is 2.03. The number of hydrogen-bond acceptors (Lipinski definition) is 6. The first-order valence-electron chi connectivity index (χ1n) is 8.39. The van der Waals surface area contributed by atoms with Crippen LogP contribution >= 0.6 is 0 Å². The summed E-state index contributed by atoms with van der Waals surface area (Å²) in [5, 5.41) is 23.3. The Morgan fingerprint density at radius 3 is 2.65 bits per heavy atom. The zero-order valence-electron chi connectivity index (χ0n) is 14.8. The number of ether oxygens (including phenoxy) is 1. The van der Waals surface area contributed by atoms with Gasteiger partial charge in [-0.05, 0) is 43.5 Å². The molecule has 1 heterocycles. The molecule has 0 unspecified atom stereocenters. The van der Waals surface area contributed by atoms with Gasteiger partial charge in [0, 0.05) is 12.2 Å². The van der Waals surface area contributed by atoms with Crippen LogP contribution in [0.4, 0.5) is 0 Å². The predicted octanol–water partition coefficient (Wildman–Crippen LogP) is 2.62. The lowest BCUT2D eigenvalue weighted by Crippen LogP contribution is -2.14. The van der Waals surface area contributed by atoms with Gasteiger partial charge < -0.3 is 9.84 Å². The van der Waals surface area contributed by atoms with Crippen LogP contribution in [0.15, 0.2) is 18.2 Å². The van der Waals surface area contributed by atoms with Crippen molar-refractivity contribution in [1.29, 1.82) is 5.26 Å². The van der Waals surface area contributed by atoms with Crippen molar-refractivity contribution in [3.63, 3.8) is 0 Å². The van der Waals surface area contributed by atoms with Gasteiger partial charge in [0.05, 0.1) is 18.2 Å². The normalized spacial score (nSPS) is 14.7. The standard InChI is InChI=1S/C18H21N3O4S/c1-12-8-15(7-6-14(12)9-19)25-18-16(10-22)21(11-26(2,23)24)20-17(18)13-4-3-5-13/h6-8,13,22H,3-5,10-11H2,1-2H3. The number of aromatic nitrogens is 2. The van der Waals surface area contributed by atoms with Gasteiger partial charge >= 0.3 is 0 Å². The van der Waals surface area contributed by atoms with Crippen molar-refractivity contribution < 1.29 is 18.3 Å². The molecule has 0 atom stereocenters. The van der Waals surface area contributed by atoms with Gasteiger partial charge in [0.25, 0.3) is 0 Å². The van der Waals surface area contributed by atoms with Gasteiger partial charge in [0.1, 0.15) is 23.0 Å². The van der Waals surface area contributed by atoms with Gasteiger partial charge in [-0.1, -0.05) is 6.42 Å². The molecule has 1 fully saturated rings. The second-order valence-electron chi connectivity index (χ2n) is 6.69. The van der Waals surface area contributed by atoms with E-state index >= 15 is 0 Å². The highest BCUT2D eigenvalue weighted by Gasteiger charge is 2.30. The number of nitriles is 1. The third-order valence-corrected chi connectivity index (χ3v) is 5.29. The molecular formula is C18H21N3O4S. The zero-order valence-corrected chi connectivity index (χ0v) is 15.6. The molecule has 8 heteroatoms. The fourth-order valence-electron chi connectivity index (χ4n) is 2.99. The molecule has 1 aromatic carbocycles.